The van der Waals surface area contributed by atoms with Gasteiger partial charge in [-0.15, -0.1) is 0 Å². The summed E-state index contributed by atoms with van der Waals surface area (Å²) >= 11 is 0. The van der Waals surface area contributed by atoms with Crippen molar-refractivity contribution in [3.8, 4) is 0 Å². The number of rotatable bonds is 2. The van der Waals surface area contributed by atoms with Crippen LogP contribution >= 0.6 is 0 Å². The van der Waals surface area contributed by atoms with E-state index in [0.29, 0.717) is 11.4 Å². The van der Waals surface area contributed by atoms with E-state index in [1.54, 1.807) is 18.3 Å². The molecule has 0 fully saturated rings. The van der Waals surface area contributed by atoms with Crippen molar-refractivity contribution in [1.82, 2.24) is 15.0 Å². The predicted octanol–water partition coefficient (Wildman–Crippen LogP) is 0.113. The molecule has 0 amide bonds. The summed E-state index contributed by atoms with van der Waals surface area (Å²) in [5, 5.41) is 9.67. The van der Waals surface area contributed by atoms with Crippen molar-refractivity contribution in [1.29, 1.82) is 0 Å². The van der Waals surface area contributed by atoms with Gasteiger partial charge >= 0.3 is 5.69 Å². The summed E-state index contributed by atoms with van der Waals surface area (Å²) in [5.74, 6) is 0. The van der Waals surface area contributed by atoms with Gasteiger partial charge in [-0.05, 0) is 12.1 Å². The first-order valence-corrected chi connectivity index (χ1v) is 3.86. The molecule has 2 heterocycles. The Morgan fingerprint density at radius 1 is 1.31 bits per heavy atom. The monoisotopic (exact) mass is 179 g/mol. The zero-order valence-corrected chi connectivity index (χ0v) is 6.74. The maximum absolute atomic E-state index is 10.7. The highest BCUT2D eigenvalue weighted by atomic mass is 16.3. The Morgan fingerprint density at radius 2 is 2.15 bits per heavy atom. The minimum absolute atomic E-state index is 0.319. The van der Waals surface area contributed by atoms with Gasteiger partial charge in [0.1, 0.15) is 6.10 Å². The van der Waals surface area contributed by atoms with Crippen LogP contribution in [0.4, 0.5) is 0 Å². The average molecular weight is 179 g/mol. The second-order valence-electron chi connectivity index (χ2n) is 2.73. The molecule has 0 saturated heterocycles. The Kier molecular flexibility index (Phi) is 1.79. The second kappa shape index (κ2) is 2.95. The molecular formula is C8H9N3O2. The molecule has 5 heteroatoms. The lowest BCUT2D eigenvalue weighted by molar-refractivity contribution is 0.211. The Bertz CT molecular complexity index is 426. The van der Waals surface area contributed by atoms with Crippen LogP contribution in [0.15, 0.2) is 29.3 Å². The van der Waals surface area contributed by atoms with Crippen LogP contribution in [0, 0.1) is 0 Å². The lowest BCUT2D eigenvalue weighted by Crippen LogP contribution is -2.05. The lowest BCUT2D eigenvalue weighted by atomic mass is 10.2. The maximum Gasteiger partial charge on any atom is 0.323 e. The van der Waals surface area contributed by atoms with Crippen LogP contribution in [0.5, 0.6) is 0 Å². The van der Waals surface area contributed by atoms with E-state index in [1.807, 2.05) is 0 Å². The van der Waals surface area contributed by atoms with Crippen LogP contribution in [-0.4, -0.2) is 20.1 Å². The highest BCUT2D eigenvalue weighted by Crippen LogP contribution is 2.15. The third-order valence-electron chi connectivity index (χ3n) is 1.83. The summed E-state index contributed by atoms with van der Waals surface area (Å²) in [7, 11) is 0. The van der Waals surface area contributed by atoms with Crippen molar-refractivity contribution >= 4 is 0 Å². The molecule has 13 heavy (non-hydrogen) atoms. The first kappa shape index (κ1) is 7.88. The molecule has 1 unspecified atom stereocenters. The molecule has 68 valence electrons. The van der Waals surface area contributed by atoms with Gasteiger partial charge in [-0.2, -0.15) is 0 Å². The molecule has 0 aliphatic heterocycles. The van der Waals surface area contributed by atoms with E-state index in [9.17, 15) is 9.90 Å². The van der Waals surface area contributed by atoms with E-state index in [2.05, 4.69) is 15.0 Å². The predicted molar refractivity (Wildman–Crippen MR) is 46.3 cm³/mol. The molecule has 1 atom stereocenters. The molecular weight excluding hydrogens is 170 g/mol. The molecule has 0 aliphatic rings. The third-order valence-corrected chi connectivity index (χ3v) is 1.83. The molecule has 0 aliphatic carbocycles. The quantitative estimate of drug-likeness (QED) is 0.527. The molecule has 2 aromatic rings. The van der Waals surface area contributed by atoms with E-state index in [0.717, 1.165) is 0 Å². The summed E-state index contributed by atoms with van der Waals surface area (Å²) < 4.78 is 0. The first-order valence-electron chi connectivity index (χ1n) is 3.86. The molecule has 0 spiro atoms. The van der Waals surface area contributed by atoms with Crippen LogP contribution in [0.2, 0.25) is 0 Å². The van der Waals surface area contributed by atoms with E-state index < -0.39 is 6.10 Å². The van der Waals surface area contributed by atoms with Crippen LogP contribution in [0.1, 0.15) is 17.5 Å². The number of hydrogen-bond acceptors (Lipinski definition) is 2. The minimum Gasteiger partial charge on any atom is -0.381 e. The lowest BCUT2D eigenvalue weighted by Gasteiger charge is -2.04. The van der Waals surface area contributed by atoms with Gasteiger partial charge in [0.05, 0.1) is 11.4 Å². The van der Waals surface area contributed by atoms with Crippen LogP contribution in [0.3, 0.4) is 0 Å². The van der Waals surface area contributed by atoms with E-state index in [-0.39, 0.29) is 5.69 Å². The van der Waals surface area contributed by atoms with Gasteiger partial charge < -0.3 is 20.1 Å². The van der Waals surface area contributed by atoms with Crippen LogP contribution < -0.4 is 5.69 Å². The van der Waals surface area contributed by atoms with Crippen molar-refractivity contribution < 1.29 is 5.11 Å². The normalized spacial score (nSPS) is 13.0. The summed E-state index contributed by atoms with van der Waals surface area (Å²) in [6.45, 7) is 0. The van der Waals surface area contributed by atoms with Crippen molar-refractivity contribution in [2.24, 2.45) is 0 Å². The highest BCUT2D eigenvalue weighted by molar-refractivity contribution is 5.17. The fourth-order valence-electron chi connectivity index (χ4n) is 1.18. The van der Waals surface area contributed by atoms with Gasteiger partial charge in [-0.25, -0.2) is 4.79 Å². The number of imidazole rings is 1. The minimum atomic E-state index is -0.811. The first-order chi connectivity index (χ1) is 6.27. The van der Waals surface area contributed by atoms with E-state index in [1.165, 1.54) is 6.20 Å². The molecule has 0 bridgehead atoms. The fourth-order valence-corrected chi connectivity index (χ4v) is 1.18. The number of H-pyrrole nitrogens is 3. The number of nitrogens with one attached hydrogen (secondary N) is 3. The standard InChI is InChI=1S/C8H9N3O2/c12-7(5-2-1-3-9-5)6-4-10-8(13)11-6/h1-4,7,9,12H,(H2,10,11,13). The SMILES string of the molecule is O=c1[nH]cc(C(O)c2ccc[nH]2)[nH]1. The van der Waals surface area contributed by atoms with E-state index in [4.69, 9.17) is 0 Å². The number of aliphatic hydroxyl groups excluding tert-OH is 1. The van der Waals surface area contributed by atoms with E-state index >= 15 is 0 Å². The molecule has 2 rings (SSSR count). The van der Waals surface area contributed by atoms with Gasteiger partial charge in [-0.3, -0.25) is 0 Å². The van der Waals surface area contributed by atoms with Gasteiger partial charge in [0.2, 0.25) is 0 Å². The summed E-state index contributed by atoms with van der Waals surface area (Å²) in [5.41, 5.74) is 0.781. The Labute approximate surface area is 73.4 Å². The van der Waals surface area contributed by atoms with Crippen molar-refractivity contribution in [3.63, 3.8) is 0 Å². The molecule has 2 aromatic heterocycles. The van der Waals surface area contributed by atoms with Crippen LogP contribution in [-0.2, 0) is 0 Å². The second-order valence-corrected chi connectivity index (χ2v) is 2.73. The Hall–Kier alpha value is -1.75. The number of aliphatic hydroxyl groups is 1. The number of hydrogen-bond donors (Lipinski definition) is 4. The highest BCUT2D eigenvalue weighted by Gasteiger charge is 2.12. The Balaban J connectivity index is 2.33. The fraction of sp³-hybridized carbons (Fsp3) is 0.125. The van der Waals surface area contributed by atoms with Gasteiger partial charge in [0, 0.05) is 12.4 Å². The molecule has 0 radical (unpaired) electrons. The number of aromatic nitrogens is 3. The molecule has 4 N–H and O–H groups in total. The summed E-state index contributed by atoms with van der Waals surface area (Å²) in [6, 6.07) is 3.53. The van der Waals surface area contributed by atoms with Gasteiger partial charge in [0.25, 0.3) is 0 Å². The smallest absolute Gasteiger partial charge is 0.323 e. The van der Waals surface area contributed by atoms with Crippen molar-refractivity contribution in [3.05, 3.63) is 46.4 Å². The zero-order chi connectivity index (χ0) is 9.26. The molecule has 0 saturated carbocycles. The summed E-state index contributed by atoms with van der Waals surface area (Å²) in [4.78, 5) is 18.5. The topological polar surface area (TPSA) is 84.7 Å². The Morgan fingerprint density at radius 3 is 2.69 bits per heavy atom. The van der Waals surface area contributed by atoms with Crippen molar-refractivity contribution in [2.45, 2.75) is 6.10 Å². The third kappa shape index (κ3) is 1.41. The van der Waals surface area contributed by atoms with Crippen LogP contribution in [0.25, 0.3) is 0 Å². The average Bonchev–Trinajstić information content (AvgIpc) is 2.72. The van der Waals surface area contributed by atoms with Gasteiger partial charge in [0.15, 0.2) is 0 Å². The number of aromatic amines is 3. The molecule has 0 aromatic carbocycles. The maximum atomic E-state index is 10.7. The zero-order valence-electron chi connectivity index (χ0n) is 6.74. The molecule has 5 nitrogen and oxygen atoms in total. The van der Waals surface area contributed by atoms with Crippen molar-refractivity contribution in [2.75, 3.05) is 0 Å². The van der Waals surface area contributed by atoms with Gasteiger partial charge in [-0.1, -0.05) is 0 Å². The largest absolute Gasteiger partial charge is 0.381 e. The summed E-state index contributed by atoms with van der Waals surface area (Å²) in [6.07, 6.45) is 2.35.